The molecule has 0 spiro atoms. The summed E-state index contributed by atoms with van der Waals surface area (Å²) in [5, 5.41) is 10.8. The van der Waals surface area contributed by atoms with E-state index >= 15 is 0 Å². The van der Waals surface area contributed by atoms with Crippen LogP contribution in [0, 0.1) is 6.92 Å². The van der Waals surface area contributed by atoms with Crippen LogP contribution in [0.3, 0.4) is 0 Å². The molecule has 0 bridgehead atoms. The minimum atomic E-state index is -0.172. The number of methoxy groups -OCH3 is 1. The number of Topliss-reactive ketones (excluding diaryl/α,β-unsaturated/α-hetero) is 1. The van der Waals surface area contributed by atoms with Crippen LogP contribution in [-0.4, -0.2) is 46.6 Å². The maximum Gasteiger partial charge on any atom is 0.231 e. The molecule has 1 atom stereocenters. The highest BCUT2D eigenvalue weighted by Crippen LogP contribution is 2.37. The van der Waals surface area contributed by atoms with Crippen molar-refractivity contribution in [3.05, 3.63) is 59.0 Å². The summed E-state index contributed by atoms with van der Waals surface area (Å²) in [6, 6.07) is 11.3. The molecule has 32 heavy (non-hydrogen) atoms. The van der Waals surface area contributed by atoms with Gasteiger partial charge < -0.3 is 19.1 Å². The van der Waals surface area contributed by atoms with Crippen LogP contribution in [0.15, 0.2) is 42.2 Å². The maximum absolute atomic E-state index is 12.9. The lowest BCUT2D eigenvalue weighted by atomic mass is 10.1. The number of allylic oxidation sites excluding steroid dienone is 1. The fourth-order valence-corrected chi connectivity index (χ4v) is 4.94. The molecular weight excluding hydrogens is 404 g/mol. The van der Waals surface area contributed by atoms with E-state index in [-0.39, 0.29) is 17.3 Å². The van der Waals surface area contributed by atoms with Crippen LogP contribution in [0.5, 0.6) is 17.2 Å². The van der Waals surface area contributed by atoms with Crippen LogP contribution in [0.2, 0.25) is 0 Å². The van der Waals surface area contributed by atoms with Gasteiger partial charge in [-0.25, -0.2) is 0 Å². The topological polar surface area (TPSA) is 63.9 Å². The van der Waals surface area contributed by atoms with E-state index in [9.17, 15) is 9.90 Å². The van der Waals surface area contributed by atoms with Gasteiger partial charge in [0.05, 0.1) is 12.7 Å². The number of ether oxygens (including phenoxy) is 2. The third-order valence-electron chi connectivity index (χ3n) is 6.81. The number of fused-ring (bicyclic) bond motifs is 2. The molecule has 2 aromatic carbocycles. The van der Waals surface area contributed by atoms with Crippen molar-refractivity contribution in [3.63, 3.8) is 0 Å². The average molecular weight is 433 g/mol. The maximum atomic E-state index is 12.9. The molecule has 6 heteroatoms. The second kappa shape index (κ2) is 8.02. The number of aromatic nitrogens is 1. The lowest BCUT2D eigenvalue weighted by Crippen LogP contribution is -2.30. The molecule has 3 aromatic rings. The average Bonchev–Trinajstić information content (AvgIpc) is 3.41. The quantitative estimate of drug-likeness (QED) is 0.589. The van der Waals surface area contributed by atoms with E-state index in [1.807, 2.05) is 18.2 Å². The Morgan fingerprint density at radius 2 is 2.06 bits per heavy atom. The van der Waals surface area contributed by atoms with Gasteiger partial charge in [-0.15, -0.1) is 0 Å². The van der Waals surface area contributed by atoms with E-state index in [0.717, 1.165) is 47.5 Å². The van der Waals surface area contributed by atoms with Gasteiger partial charge in [0.25, 0.3) is 0 Å². The van der Waals surface area contributed by atoms with Gasteiger partial charge >= 0.3 is 0 Å². The minimum Gasteiger partial charge on any atom is -0.508 e. The van der Waals surface area contributed by atoms with Gasteiger partial charge in [-0.1, -0.05) is 0 Å². The summed E-state index contributed by atoms with van der Waals surface area (Å²) in [7, 11) is 1.66. The Labute approximate surface area is 187 Å². The number of phenolic OH excluding ortho intramolecular Hbond substituents is 1. The largest absolute Gasteiger partial charge is 0.508 e. The fourth-order valence-electron chi connectivity index (χ4n) is 4.94. The second-order valence-corrected chi connectivity index (χ2v) is 8.68. The van der Waals surface area contributed by atoms with Crippen molar-refractivity contribution >= 4 is 22.8 Å². The number of ketones is 1. The second-order valence-electron chi connectivity index (χ2n) is 8.68. The summed E-state index contributed by atoms with van der Waals surface area (Å²) in [4.78, 5) is 15.5. The summed E-state index contributed by atoms with van der Waals surface area (Å²) in [6.07, 6.45) is 4.34. The predicted molar refractivity (Wildman–Crippen MR) is 125 cm³/mol. The van der Waals surface area contributed by atoms with Gasteiger partial charge in [-0.05, 0) is 69.6 Å². The molecule has 2 aliphatic heterocycles. The number of hydrogen-bond donors (Lipinski definition) is 1. The molecule has 166 valence electrons. The number of carbonyl (C=O) groups is 1. The first-order valence-corrected chi connectivity index (χ1v) is 11.1. The Bertz CT molecular complexity index is 1240. The number of benzene rings is 2. The zero-order valence-corrected chi connectivity index (χ0v) is 18.7. The van der Waals surface area contributed by atoms with E-state index < -0.39 is 0 Å². The van der Waals surface area contributed by atoms with Crippen LogP contribution in [0.25, 0.3) is 17.0 Å². The number of carbonyl (C=O) groups excluding carboxylic acids is 1. The van der Waals surface area contributed by atoms with Crippen LogP contribution < -0.4 is 9.47 Å². The zero-order chi connectivity index (χ0) is 22.4. The molecule has 0 aliphatic carbocycles. The van der Waals surface area contributed by atoms with Gasteiger partial charge in [0.15, 0.2) is 5.76 Å². The summed E-state index contributed by atoms with van der Waals surface area (Å²) in [5.74, 6) is 1.34. The van der Waals surface area contributed by atoms with Gasteiger partial charge in [-0.2, -0.15) is 0 Å². The van der Waals surface area contributed by atoms with E-state index in [1.54, 1.807) is 13.2 Å². The van der Waals surface area contributed by atoms with Gasteiger partial charge in [0.1, 0.15) is 17.2 Å². The predicted octanol–water partition coefficient (Wildman–Crippen LogP) is 4.76. The molecule has 2 aliphatic rings. The number of hydrogen-bond acceptors (Lipinski definition) is 5. The van der Waals surface area contributed by atoms with Crippen LogP contribution in [0.4, 0.5) is 0 Å². The molecular formula is C26H28N2O4. The number of nitrogens with zero attached hydrogens (tertiary/aromatic N) is 2. The summed E-state index contributed by atoms with van der Waals surface area (Å²) >= 11 is 0. The molecule has 3 heterocycles. The molecule has 0 amide bonds. The van der Waals surface area contributed by atoms with E-state index in [0.29, 0.717) is 17.4 Å². The minimum absolute atomic E-state index is 0.0754. The Balaban J connectivity index is 1.56. The van der Waals surface area contributed by atoms with Crippen molar-refractivity contribution in [2.24, 2.45) is 0 Å². The molecule has 6 nitrogen and oxygen atoms in total. The smallest absolute Gasteiger partial charge is 0.231 e. The van der Waals surface area contributed by atoms with Gasteiger partial charge in [-0.3, -0.25) is 9.69 Å². The SMILES string of the molecule is COc1ccc2c(c1)c(/C=C1\Oc3cc(O)ccc3C1=O)c(C)n2CCN1CCCC1C. The zero-order valence-electron chi connectivity index (χ0n) is 18.7. The van der Waals surface area contributed by atoms with Crippen molar-refractivity contribution < 1.29 is 19.4 Å². The first-order valence-electron chi connectivity index (χ1n) is 11.1. The molecule has 1 aromatic heterocycles. The molecule has 1 fully saturated rings. The summed E-state index contributed by atoms with van der Waals surface area (Å²) in [5.41, 5.74) is 3.62. The van der Waals surface area contributed by atoms with Gasteiger partial charge in [0, 0.05) is 47.4 Å². The normalized spacial score (nSPS) is 19.7. The molecule has 1 saturated heterocycles. The molecule has 0 radical (unpaired) electrons. The highest BCUT2D eigenvalue weighted by atomic mass is 16.5. The molecule has 1 unspecified atom stereocenters. The van der Waals surface area contributed by atoms with Crippen LogP contribution in [-0.2, 0) is 6.54 Å². The number of aromatic hydroxyl groups is 1. The van der Waals surface area contributed by atoms with E-state index in [1.165, 1.54) is 25.0 Å². The van der Waals surface area contributed by atoms with E-state index in [2.05, 4.69) is 29.4 Å². The van der Waals surface area contributed by atoms with Crippen molar-refractivity contribution in [2.75, 3.05) is 20.2 Å². The Morgan fingerprint density at radius 3 is 2.81 bits per heavy atom. The van der Waals surface area contributed by atoms with Crippen molar-refractivity contribution in [3.8, 4) is 17.2 Å². The Hall–Kier alpha value is -3.25. The number of phenols is 1. The molecule has 5 rings (SSSR count). The Kier molecular flexibility index (Phi) is 5.18. The lowest BCUT2D eigenvalue weighted by molar-refractivity contribution is 0.101. The third kappa shape index (κ3) is 3.45. The first-order chi connectivity index (χ1) is 15.5. The van der Waals surface area contributed by atoms with Gasteiger partial charge in [0.2, 0.25) is 5.78 Å². The number of likely N-dealkylation sites (tertiary alicyclic amines) is 1. The lowest BCUT2D eigenvalue weighted by Gasteiger charge is -2.22. The van der Waals surface area contributed by atoms with Crippen LogP contribution >= 0.6 is 0 Å². The van der Waals surface area contributed by atoms with Crippen molar-refractivity contribution in [1.82, 2.24) is 9.47 Å². The fraction of sp³-hybridized carbons (Fsp3) is 0.346. The van der Waals surface area contributed by atoms with Crippen molar-refractivity contribution in [1.29, 1.82) is 0 Å². The highest BCUT2D eigenvalue weighted by molar-refractivity contribution is 6.15. The van der Waals surface area contributed by atoms with Crippen LogP contribution in [0.1, 0.15) is 41.4 Å². The summed E-state index contributed by atoms with van der Waals surface area (Å²) in [6.45, 7) is 7.41. The number of rotatable bonds is 5. The van der Waals surface area contributed by atoms with E-state index in [4.69, 9.17) is 9.47 Å². The summed E-state index contributed by atoms with van der Waals surface area (Å²) < 4.78 is 13.6. The Morgan fingerprint density at radius 1 is 1.22 bits per heavy atom. The first kappa shape index (κ1) is 20.6. The molecule has 1 N–H and O–H groups in total. The highest BCUT2D eigenvalue weighted by Gasteiger charge is 2.29. The third-order valence-corrected chi connectivity index (χ3v) is 6.81. The monoisotopic (exact) mass is 432 g/mol. The standard InChI is InChI=1S/C26H28N2O4/c1-16-5-4-10-27(16)11-12-28-17(2)21(22-14-19(31-3)7-9-23(22)28)15-25-26(30)20-8-6-18(29)13-24(20)32-25/h6-9,13-16,29H,4-5,10-12H2,1-3H3/b25-15-. The van der Waals surface area contributed by atoms with Crippen molar-refractivity contribution in [2.45, 2.75) is 39.3 Å². The molecule has 0 saturated carbocycles.